The van der Waals surface area contributed by atoms with Crippen molar-refractivity contribution >= 4 is 11.9 Å². The third-order valence-electron chi connectivity index (χ3n) is 3.27. The maximum atomic E-state index is 12.0. The molecule has 0 spiro atoms. The number of furan rings is 1. The molecule has 1 N–H and O–H groups in total. The van der Waals surface area contributed by atoms with E-state index < -0.39 is 12.0 Å². The van der Waals surface area contributed by atoms with E-state index in [2.05, 4.69) is 0 Å². The topological polar surface area (TPSA) is 74.0 Å². The number of hydrogen-bond donors (Lipinski definition) is 1. The SMILES string of the molecule is CC(C(=O)O)N1CCN(C(=O)c2ccoc2)CC1. The summed E-state index contributed by atoms with van der Waals surface area (Å²) >= 11 is 0. The molecule has 0 aliphatic carbocycles. The van der Waals surface area contributed by atoms with Crippen molar-refractivity contribution in [1.82, 2.24) is 9.80 Å². The monoisotopic (exact) mass is 252 g/mol. The number of amides is 1. The molecule has 0 aromatic carbocycles. The summed E-state index contributed by atoms with van der Waals surface area (Å²) in [5, 5.41) is 8.92. The molecule has 0 bridgehead atoms. The van der Waals surface area contributed by atoms with Crippen molar-refractivity contribution in [3.05, 3.63) is 24.2 Å². The van der Waals surface area contributed by atoms with Gasteiger partial charge in [-0.15, -0.1) is 0 Å². The molecule has 1 aromatic rings. The zero-order chi connectivity index (χ0) is 13.1. The maximum absolute atomic E-state index is 12.0. The summed E-state index contributed by atoms with van der Waals surface area (Å²) in [5.74, 6) is -0.893. The lowest BCUT2D eigenvalue weighted by Gasteiger charge is -2.36. The quantitative estimate of drug-likeness (QED) is 0.848. The van der Waals surface area contributed by atoms with E-state index >= 15 is 0 Å². The predicted molar refractivity (Wildman–Crippen MR) is 63.3 cm³/mol. The molecule has 98 valence electrons. The van der Waals surface area contributed by atoms with Crippen LogP contribution < -0.4 is 0 Å². The van der Waals surface area contributed by atoms with Crippen LogP contribution in [0.5, 0.6) is 0 Å². The molecule has 0 radical (unpaired) electrons. The highest BCUT2D eigenvalue weighted by Gasteiger charge is 2.27. The molecule has 1 amide bonds. The first-order valence-electron chi connectivity index (χ1n) is 5.88. The molecule has 1 fully saturated rings. The number of carboxylic acids is 1. The molecule has 18 heavy (non-hydrogen) atoms. The van der Waals surface area contributed by atoms with Gasteiger partial charge < -0.3 is 14.4 Å². The lowest BCUT2D eigenvalue weighted by Crippen LogP contribution is -2.53. The van der Waals surface area contributed by atoms with Gasteiger partial charge in [-0.2, -0.15) is 0 Å². The number of aliphatic carboxylic acids is 1. The highest BCUT2D eigenvalue weighted by atomic mass is 16.4. The number of carbonyl (C=O) groups excluding carboxylic acids is 1. The maximum Gasteiger partial charge on any atom is 0.320 e. The first-order chi connectivity index (χ1) is 8.59. The third kappa shape index (κ3) is 2.53. The van der Waals surface area contributed by atoms with Gasteiger partial charge >= 0.3 is 5.97 Å². The van der Waals surface area contributed by atoms with Gasteiger partial charge in [-0.3, -0.25) is 14.5 Å². The van der Waals surface area contributed by atoms with E-state index in [9.17, 15) is 9.59 Å². The Hall–Kier alpha value is -1.82. The van der Waals surface area contributed by atoms with Crippen LogP contribution >= 0.6 is 0 Å². The van der Waals surface area contributed by atoms with Gasteiger partial charge in [0.2, 0.25) is 0 Å². The minimum absolute atomic E-state index is 0.0635. The van der Waals surface area contributed by atoms with E-state index in [1.807, 2.05) is 4.90 Å². The van der Waals surface area contributed by atoms with Gasteiger partial charge in [0.25, 0.3) is 5.91 Å². The Morgan fingerprint density at radius 3 is 2.50 bits per heavy atom. The fraction of sp³-hybridized carbons (Fsp3) is 0.500. The van der Waals surface area contributed by atoms with Crippen LogP contribution in [0.1, 0.15) is 17.3 Å². The average Bonchev–Trinajstić information content (AvgIpc) is 2.91. The van der Waals surface area contributed by atoms with Crippen molar-refractivity contribution < 1.29 is 19.1 Å². The minimum Gasteiger partial charge on any atom is -0.480 e. The van der Waals surface area contributed by atoms with Crippen LogP contribution in [-0.4, -0.2) is 59.0 Å². The van der Waals surface area contributed by atoms with Crippen molar-refractivity contribution in [2.45, 2.75) is 13.0 Å². The lowest BCUT2D eigenvalue weighted by molar-refractivity contribution is -0.143. The predicted octanol–water partition coefficient (Wildman–Crippen LogP) is 0.510. The largest absolute Gasteiger partial charge is 0.480 e. The van der Waals surface area contributed by atoms with Gasteiger partial charge in [-0.25, -0.2) is 0 Å². The zero-order valence-electron chi connectivity index (χ0n) is 10.2. The second-order valence-electron chi connectivity index (χ2n) is 4.35. The van der Waals surface area contributed by atoms with E-state index in [1.54, 1.807) is 17.9 Å². The minimum atomic E-state index is -0.829. The normalized spacial score (nSPS) is 18.6. The van der Waals surface area contributed by atoms with Crippen LogP contribution in [0, 0.1) is 0 Å². The van der Waals surface area contributed by atoms with Crippen LogP contribution in [0.25, 0.3) is 0 Å². The molecule has 6 heteroatoms. The average molecular weight is 252 g/mol. The zero-order valence-corrected chi connectivity index (χ0v) is 10.2. The highest BCUT2D eigenvalue weighted by Crippen LogP contribution is 2.11. The fourth-order valence-electron chi connectivity index (χ4n) is 2.04. The van der Waals surface area contributed by atoms with Gasteiger partial charge in [0, 0.05) is 26.2 Å². The van der Waals surface area contributed by atoms with Crippen molar-refractivity contribution in [2.24, 2.45) is 0 Å². The lowest BCUT2D eigenvalue weighted by atomic mass is 10.2. The smallest absolute Gasteiger partial charge is 0.320 e. The molecule has 2 heterocycles. The number of carboxylic acid groups (broad SMARTS) is 1. The first-order valence-corrected chi connectivity index (χ1v) is 5.88. The van der Waals surface area contributed by atoms with Crippen LogP contribution in [0.3, 0.4) is 0 Å². The van der Waals surface area contributed by atoms with Crippen LogP contribution in [0.4, 0.5) is 0 Å². The third-order valence-corrected chi connectivity index (χ3v) is 3.27. The van der Waals surface area contributed by atoms with E-state index in [4.69, 9.17) is 9.52 Å². The molecule has 6 nitrogen and oxygen atoms in total. The molecule has 0 saturated carbocycles. The Balaban J connectivity index is 1.91. The number of hydrogen-bond acceptors (Lipinski definition) is 4. The highest BCUT2D eigenvalue weighted by molar-refractivity contribution is 5.93. The van der Waals surface area contributed by atoms with E-state index in [0.29, 0.717) is 31.7 Å². The summed E-state index contributed by atoms with van der Waals surface area (Å²) in [6, 6.07) is 1.13. The molecular formula is C12H16N2O4. The van der Waals surface area contributed by atoms with Gasteiger partial charge in [0.15, 0.2) is 0 Å². The Kier molecular flexibility index (Phi) is 3.66. The summed E-state index contributed by atoms with van der Waals surface area (Å²) in [5.41, 5.74) is 0.537. The van der Waals surface area contributed by atoms with E-state index in [1.165, 1.54) is 12.5 Å². The summed E-state index contributed by atoms with van der Waals surface area (Å²) in [4.78, 5) is 26.4. The molecule has 1 aliphatic heterocycles. The van der Waals surface area contributed by atoms with Crippen LogP contribution in [0.2, 0.25) is 0 Å². The Morgan fingerprint density at radius 2 is 2.00 bits per heavy atom. The van der Waals surface area contributed by atoms with Crippen molar-refractivity contribution in [1.29, 1.82) is 0 Å². The standard InChI is InChI=1S/C12H16N2O4/c1-9(12(16)17)13-3-5-14(6-4-13)11(15)10-2-7-18-8-10/h2,7-9H,3-6H2,1H3,(H,16,17). The fourth-order valence-corrected chi connectivity index (χ4v) is 2.04. The molecule has 2 rings (SSSR count). The molecule has 1 unspecified atom stereocenters. The molecule has 1 saturated heterocycles. The Labute approximate surface area is 105 Å². The van der Waals surface area contributed by atoms with Gasteiger partial charge in [0.1, 0.15) is 12.3 Å². The van der Waals surface area contributed by atoms with E-state index in [0.717, 1.165) is 0 Å². The summed E-state index contributed by atoms with van der Waals surface area (Å²) in [6.45, 7) is 3.91. The van der Waals surface area contributed by atoms with Crippen LogP contribution in [0.15, 0.2) is 23.0 Å². The summed E-state index contributed by atoms with van der Waals surface area (Å²) < 4.78 is 4.88. The number of piperazine rings is 1. The number of nitrogens with zero attached hydrogens (tertiary/aromatic N) is 2. The summed E-state index contributed by atoms with van der Waals surface area (Å²) in [6.07, 6.45) is 2.89. The number of carbonyl (C=O) groups is 2. The molecule has 1 aliphatic rings. The molecule has 1 atom stereocenters. The van der Waals surface area contributed by atoms with Crippen LogP contribution in [-0.2, 0) is 4.79 Å². The summed E-state index contributed by atoms with van der Waals surface area (Å²) in [7, 11) is 0. The molecular weight excluding hydrogens is 236 g/mol. The Morgan fingerprint density at radius 1 is 1.33 bits per heavy atom. The first kappa shape index (κ1) is 12.6. The number of rotatable bonds is 3. The van der Waals surface area contributed by atoms with Crippen molar-refractivity contribution in [2.75, 3.05) is 26.2 Å². The van der Waals surface area contributed by atoms with Gasteiger partial charge in [-0.05, 0) is 13.0 Å². The van der Waals surface area contributed by atoms with Crippen molar-refractivity contribution in [3.8, 4) is 0 Å². The van der Waals surface area contributed by atoms with Crippen molar-refractivity contribution in [3.63, 3.8) is 0 Å². The van der Waals surface area contributed by atoms with Gasteiger partial charge in [0.05, 0.1) is 11.8 Å². The molecule has 1 aromatic heterocycles. The van der Waals surface area contributed by atoms with Gasteiger partial charge in [-0.1, -0.05) is 0 Å². The Bertz CT molecular complexity index is 421. The van der Waals surface area contributed by atoms with E-state index in [-0.39, 0.29) is 5.91 Å². The second kappa shape index (κ2) is 5.22. The second-order valence-corrected chi connectivity index (χ2v) is 4.35.